The SMILES string of the molecule is COc1ccc(C(=O)NCCCCCSC)cc1N. The van der Waals surface area contributed by atoms with Crippen LogP contribution in [0.1, 0.15) is 29.6 Å². The lowest BCUT2D eigenvalue weighted by molar-refractivity contribution is 0.0953. The molecule has 0 fully saturated rings. The minimum atomic E-state index is -0.0841. The van der Waals surface area contributed by atoms with Gasteiger partial charge in [0.25, 0.3) is 5.91 Å². The molecule has 0 aliphatic heterocycles. The van der Waals surface area contributed by atoms with Crippen LogP contribution in [-0.4, -0.2) is 31.6 Å². The highest BCUT2D eigenvalue weighted by atomic mass is 32.2. The number of amides is 1. The molecule has 1 aromatic rings. The maximum absolute atomic E-state index is 11.9. The van der Waals surface area contributed by atoms with Crippen molar-refractivity contribution >= 4 is 23.4 Å². The van der Waals surface area contributed by atoms with E-state index in [1.54, 1.807) is 25.3 Å². The Morgan fingerprint density at radius 1 is 1.37 bits per heavy atom. The van der Waals surface area contributed by atoms with Gasteiger partial charge in [0, 0.05) is 12.1 Å². The van der Waals surface area contributed by atoms with Gasteiger partial charge < -0.3 is 15.8 Å². The van der Waals surface area contributed by atoms with E-state index in [1.807, 2.05) is 11.8 Å². The van der Waals surface area contributed by atoms with Gasteiger partial charge in [-0.2, -0.15) is 11.8 Å². The van der Waals surface area contributed by atoms with Gasteiger partial charge in [0.2, 0.25) is 0 Å². The van der Waals surface area contributed by atoms with Gasteiger partial charge in [0.1, 0.15) is 5.75 Å². The summed E-state index contributed by atoms with van der Waals surface area (Å²) in [5.74, 6) is 1.69. The molecular formula is C14H22N2O2S. The molecular weight excluding hydrogens is 260 g/mol. The third-order valence-corrected chi connectivity index (χ3v) is 3.50. The average molecular weight is 282 g/mol. The van der Waals surface area contributed by atoms with Crippen LogP contribution in [0.2, 0.25) is 0 Å². The molecule has 0 saturated heterocycles. The van der Waals surface area contributed by atoms with Crippen molar-refractivity contribution in [3.8, 4) is 5.75 Å². The van der Waals surface area contributed by atoms with Crippen molar-refractivity contribution in [2.45, 2.75) is 19.3 Å². The summed E-state index contributed by atoms with van der Waals surface area (Å²) in [5.41, 5.74) is 6.83. The van der Waals surface area contributed by atoms with Gasteiger partial charge in [-0.1, -0.05) is 6.42 Å². The Morgan fingerprint density at radius 2 is 2.16 bits per heavy atom. The number of methoxy groups -OCH3 is 1. The van der Waals surface area contributed by atoms with Crippen LogP contribution in [0.25, 0.3) is 0 Å². The van der Waals surface area contributed by atoms with Gasteiger partial charge in [0.15, 0.2) is 0 Å². The molecule has 0 radical (unpaired) electrons. The Balaban J connectivity index is 2.35. The lowest BCUT2D eigenvalue weighted by Crippen LogP contribution is -2.24. The van der Waals surface area contributed by atoms with Crippen LogP contribution in [0.5, 0.6) is 5.75 Å². The molecule has 0 spiro atoms. The van der Waals surface area contributed by atoms with E-state index >= 15 is 0 Å². The highest BCUT2D eigenvalue weighted by Crippen LogP contribution is 2.21. The summed E-state index contributed by atoms with van der Waals surface area (Å²) in [6, 6.07) is 5.07. The molecule has 0 unspecified atom stereocenters. The highest BCUT2D eigenvalue weighted by Gasteiger charge is 2.07. The number of benzene rings is 1. The van der Waals surface area contributed by atoms with Crippen molar-refractivity contribution in [1.29, 1.82) is 0 Å². The van der Waals surface area contributed by atoms with Crippen molar-refractivity contribution < 1.29 is 9.53 Å². The lowest BCUT2D eigenvalue weighted by Gasteiger charge is -2.08. The van der Waals surface area contributed by atoms with E-state index in [-0.39, 0.29) is 5.91 Å². The van der Waals surface area contributed by atoms with Crippen LogP contribution in [0.15, 0.2) is 18.2 Å². The summed E-state index contributed by atoms with van der Waals surface area (Å²) in [7, 11) is 1.56. The van der Waals surface area contributed by atoms with E-state index in [9.17, 15) is 4.79 Å². The Hall–Kier alpha value is -1.36. The lowest BCUT2D eigenvalue weighted by atomic mass is 10.1. The van der Waals surface area contributed by atoms with E-state index in [2.05, 4.69) is 11.6 Å². The average Bonchev–Trinajstić information content (AvgIpc) is 2.42. The van der Waals surface area contributed by atoms with Gasteiger partial charge >= 0.3 is 0 Å². The first kappa shape index (κ1) is 15.7. The van der Waals surface area contributed by atoms with E-state index < -0.39 is 0 Å². The van der Waals surface area contributed by atoms with Gasteiger partial charge in [0.05, 0.1) is 12.8 Å². The molecule has 0 aliphatic rings. The number of hydrogen-bond acceptors (Lipinski definition) is 4. The molecule has 0 saturated carbocycles. The van der Waals surface area contributed by atoms with Crippen LogP contribution >= 0.6 is 11.8 Å². The number of unbranched alkanes of at least 4 members (excludes halogenated alkanes) is 2. The molecule has 1 aromatic carbocycles. The van der Waals surface area contributed by atoms with Crippen LogP contribution in [-0.2, 0) is 0 Å². The minimum Gasteiger partial charge on any atom is -0.495 e. The zero-order chi connectivity index (χ0) is 14.1. The summed E-state index contributed by atoms with van der Waals surface area (Å²) in [6.45, 7) is 0.707. The van der Waals surface area contributed by atoms with Gasteiger partial charge in [-0.25, -0.2) is 0 Å². The number of carbonyl (C=O) groups excluding carboxylic acids is 1. The zero-order valence-electron chi connectivity index (χ0n) is 11.6. The maximum Gasteiger partial charge on any atom is 0.251 e. The molecule has 1 rings (SSSR count). The molecule has 0 bridgehead atoms. The largest absolute Gasteiger partial charge is 0.495 e. The number of nitrogens with two attached hydrogens (primary N) is 1. The molecule has 0 aromatic heterocycles. The smallest absolute Gasteiger partial charge is 0.251 e. The molecule has 19 heavy (non-hydrogen) atoms. The van der Waals surface area contributed by atoms with Gasteiger partial charge in [-0.05, 0) is 43.0 Å². The summed E-state index contributed by atoms with van der Waals surface area (Å²) in [4.78, 5) is 11.9. The van der Waals surface area contributed by atoms with Crippen LogP contribution in [0.3, 0.4) is 0 Å². The monoisotopic (exact) mass is 282 g/mol. The first-order valence-electron chi connectivity index (χ1n) is 6.39. The predicted octanol–water partition coefficient (Wildman–Crippen LogP) is 2.54. The predicted molar refractivity (Wildman–Crippen MR) is 82.0 cm³/mol. The molecule has 3 N–H and O–H groups in total. The second-order valence-electron chi connectivity index (χ2n) is 4.27. The van der Waals surface area contributed by atoms with Crippen molar-refractivity contribution in [2.24, 2.45) is 0 Å². The first-order chi connectivity index (χ1) is 9.19. The summed E-state index contributed by atoms with van der Waals surface area (Å²) < 4.78 is 5.06. The van der Waals surface area contributed by atoms with Crippen molar-refractivity contribution in [2.75, 3.05) is 31.4 Å². The summed E-state index contributed by atoms with van der Waals surface area (Å²) >= 11 is 1.85. The number of carbonyl (C=O) groups is 1. The fourth-order valence-corrected chi connectivity index (χ4v) is 2.22. The molecule has 5 heteroatoms. The number of rotatable bonds is 8. The molecule has 106 valence electrons. The Morgan fingerprint density at radius 3 is 2.79 bits per heavy atom. The van der Waals surface area contributed by atoms with Crippen LogP contribution < -0.4 is 15.8 Å². The van der Waals surface area contributed by atoms with Crippen molar-refractivity contribution in [3.63, 3.8) is 0 Å². The number of ether oxygens (including phenoxy) is 1. The third kappa shape index (κ3) is 5.42. The number of hydrogen-bond donors (Lipinski definition) is 2. The zero-order valence-corrected chi connectivity index (χ0v) is 12.4. The Bertz CT molecular complexity index is 410. The van der Waals surface area contributed by atoms with Crippen molar-refractivity contribution in [1.82, 2.24) is 5.32 Å². The van der Waals surface area contributed by atoms with E-state index in [0.717, 1.165) is 12.8 Å². The molecule has 4 nitrogen and oxygen atoms in total. The quantitative estimate of drug-likeness (QED) is 0.568. The third-order valence-electron chi connectivity index (χ3n) is 2.80. The number of thioether (sulfide) groups is 1. The van der Waals surface area contributed by atoms with Gasteiger partial charge in [-0.15, -0.1) is 0 Å². The summed E-state index contributed by atoms with van der Waals surface area (Å²) in [6.07, 6.45) is 5.46. The molecule has 0 atom stereocenters. The maximum atomic E-state index is 11.9. The topological polar surface area (TPSA) is 64.3 Å². The standard InChI is InChI=1S/C14H22N2O2S/c1-18-13-7-6-11(10-12(13)15)14(17)16-8-4-3-5-9-19-2/h6-7,10H,3-5,8-9,15H2,1-2H3,(H,16,17). The second-order valence-corrected chi connectivity index (χ2v) is 5.25. The van der Waals surface area contributed by atoms with E-state index in [4.69, 9.17) is 10.5 Å². The molecule has 0 heterocycles. The van der Waals surface area contributed by atoms with Crippen molar-refractivity contribution in [3.05, 3.63) is 23.8 Å². The fraction of sp³-hybridized carbons (Fsp3) is 0.500. The number of anilines is 1. The Kier molecular flexibility index (Phi) is 7.18. The number of nitrogens with one attached hydrogen (secondary N) is 1. The molecule has 0 aliphatic carbocycles. The highest BCUT2D eigenvalue weighted by molar-refractivity contribution is 7.98. The van der Waals surface area contributed by atoms with Crippen LogP contribution in [0, 0.1) is 0 Å². The fourth-order valence-electron chi connectivity index (χ4n) is 1.73. The van der Waals surface area contributed by atoms with E-state index in [1.165, 1.54) is 12.2 Å². The van der Waals surface area contributed by atoms with Gasteiger partial charge in [-0.3, -0.25) is 4.79 Å². The Labute approximate surface area is 119 Å². The minimum absolute atomic E-state index is 0.0841. The normalized spacial score (nSPS) is 10.2. The number of nitrogen functional groups attached to an aromatic ring is 1. The summed E-state index contributed by atoms with van der Waals surface area (Å²) in [5, 5.41) is 2.90. The molecule has 1 amide bonds. The van der Waals surface area contributed by atoms with Crippen LogP contribution in [0.4, 0.5) is 5.69 Å². The first-order valence-corrected chi connectivity index (χ1v) is 7.79. The van der Waals surface area contributed by atoms with E-state index in [0.29, 0.717) is 23.5 Å². The second kappa shape index (κ2) is 8.69.